The van der Waals surface area contributed by atoms with Gasteiger partial charge in [0.05, 0.1) is 0 Å². The number of aliphatic carboxylic acids is 1. The molecule has 0 aliphatic heterocycles. The van der Waals surface area contributed by atoms with Gasteiger partial charge in [-0.1, -0.05) is 6.92 Å². The van der Waals surface area contributed by atoms with E-state index in [2.05, 4.69) is 0 Å². The summed E-state index contributed by atoms with van der Waals surface area (Å²) in [6.07, 6.45) is 0.0718. The lowest BCUT2D eigenvalue weighted by molar-refractivity contribution is -0.156. The van der Waals surface area contributed by atoms with E-state index in [1.165, 1.54) is 6.92 Å². The molecule has 0 aliphatic rings. The van der Waals surface area contributed by atoms with Gasteiger partial charge in [-0.05, 0) is 27.2 Å². The summed E-state index contributed by atoms with van der Waals surface area (Å²) in [6.45, 7) is 6.34. The van der Waals surface area contributed by atoms with Gasteiger partial charge in [0.2, 0.25) is 0 Å². The molecule has 3 N–H and O–H groups in total. The van der Waals surface area contributed by atoms with E-state index in [1.807, 2.05) is 0 Å². The lowest BCUT2D eigenvalue weighted by Gasteiger charge is -2.13. The minimum Gasteiger partial charge on any atom is -0.479 e. The molecule has 4 nitrogen and oxygen atoms in total. The van der Waals surface area contributed by atoms with E-state index in [-0.39, 0.29) is 12.5 Å². The minimum atomic E-state index is -1.54. The number of hydrogen-bond acceptors (Lipinski definition) is 3. The van der Waals surface area contributed by atoms with Crippen molar-refractivity contribution in [3.63, 3.8) is 0 Å². The average molecular weight is 178 g/mol. The minimum absolute atomic E-state index is 0.167. The van der Waals surface area contributed by atoms with E-state index in [1.54, 1.807) is 20.8 Å². The normalized spacial score (nSPS) is 14.6. The zero-order chi connectivity index (χ0) is 10.4. The van der Waals surface area contributed by atoms with Crippen molar-refractivity contribution in [1.82, 2.24) is 0 Å². The molecule has 74 valence electrons. The van der Waals surface area contributed by atoms with E-state index in [0.29, 0.717) is 0 Å². The van der Waals surface area contributed by atoms with Gasteiger partial charge in [-0.25, -0.2) is 4.79 Å². The second kappa shape index (κ2) is 5.97. The number of carboxylic acids is 1. The fraction of sp³-hybridized carbons (Fsp3) is 0.875. The Labute approximate surface area is 72.8 Å². The van der Waals surface area contributed by atoms with Crippen LogP contribution in [0, 0.1) is 0 Å². The monoisotopic (exact) mass is 178 g/mol. The molecule has 0 heterocycles. The number of carbonyl (C=O) groups is 1. The van der Waals surface area contributed by atoms with Crippen LogP contribution in [0.5, 0.6) is 0 Å². The van der Waals surface area contributed by atoms with E-state index < -0.39 is 11.6 Å². The second-order valence-electron chi connectivity index (χ2n) is 3.03. The van der Waals surface area contributed by atoms with E-state index in [4.69, 9.17) is 15.3 Å². The van der Waals surface area contributed by atoms with Crippen LogP contribution in [0.1, 0.15) is 34.1 Å². The van der Waals surface area contributed by atoms with Crippen molar-refractivity contribution >= 4 is 5.97 Å². The molecular formula is C8H18O4. The second-order valence-corrected chi connectivity index (χ2v) is 3.03. The number of rotatable bonds is 2. The molecule has 0 aromatic heterocycles. The highest BCUT2D eigenvalue weighted by molar-refractivity contribution is 5.76. The van der Waals surface area contributed by atoms with Gasteiger partial charge in [-0.15, -0.1) is 0 Å². The third-order valence-corrected chi connectivity index (χ3v) is 1.15. The Morgan fingerprint density at radius 2 is 1.75 bits per heavy atom. The van der Waals surface area contributed by atoms with Crippen LogP contribution in [0.4, 0.5) is 0 Å². The maximum absolute atomic E-state index is 10.0. The summed E-state index contributed by atoms with van der Waals surface area (Å²) in [6, 6.07) is 0. The van der Waals surface area contributed by atoms with Crippen molar-refractivity contribution in [3.05, 3.63) is 0 Å². The lowest BCUT2D eigenvalue weighted by atomic mass is 10.1. The summed E-state index contributed by atoms with van der Waals surface area (Å²) >= 11 is 0. The molecule has 0 saturated heterocycles. The van der Waals surface area contributed by atoms with Crippen molar-refractivity contribution in [1.29, 1.82) is 0 Å². The summed E-state index contributed by atoms with van der Waals surface area (Å²) in [5, 5.41) is 25.0. The molecule has 0 rings (SSSR count). The van der Waals surface area contributed by atoms with E-state index in [9.17, 15) is 4.79 Å². The SMILES string of the molecule is CC(C)O.CCC(C)(O)C(=O)O. The first-order valence-corrected chi connectivity index (χ1v) is 3.87. The van der Waals surface area contributed by atoms with Crippen LogP contribution in [0.15, 0.2) is 0 Å². The van der Waals surface area contributed by atoms with Gasteiger partial charge in [0.1, 0.15) is 0 Å². The molecule has 0 radical (unpaired) electrons. The van der Waals surface area contributed by atoms with Crippen LogP contribution in [-0.4, -0.2) is 33.0 Å². The molecule has 0 fully saturated rings. The molecule has 0 aromatic carbocycles. The highest BCUT2D eigenvalue weighted by Crippen LogP contribution is 2.06. The molecule has 0 amide bonds. The third-order valence-electron chi connectivity index (χ3n) is 1.15. The first-order valence-electron chi connectivity index (χ1n) is 3.87. The Bertz CT molecular complexity index is 126. The van der Waals surface area contributed by atoms with Gasteiger partial charge < -0.3 is 15.3 Å². The highest BCUT2D eigenvalue weighted by Gasteiger charge is 2.26. The zero-order valence-electron chi connectivity index (χ0n) is 8.03. The largest absolute Gasteiger partial charge is 0.479 e. The van der Waals surface area contributed by atoms with Crippen molar-refractivity contribution in [2.24, 2.45) is 0 Å². The maximum Gasteiger partial charge on any atom is 0.335 e. The van der Waals surface area contributed by atoms with E-state index >= 15 is 0 Å². The first-order chi connectivity index (χ1) is 5.24. The fourth-order valence-corrected chi connectivity index (χ4v) is 0.151. The Balaban J connectivity index is 0. The van der Waals surface area contributed by atoms with Gasteiger partial charge in [0, 0.05) is 6.10 Å². The van der Waals surface area contributed by atoms with Gasteiger partial charge in [0.25, 0.3) is 0 Å². The standard InChI is InChI=1S/C5H10O3.C3H8O/c1-3-5(2,8)4(6)7;1-3(2)4/h8H,3H2,1-2H3,(H,6,7);3-4H,1-2H3. The summed E-state index contributed by atoms with van der Waals surface area (Å²) < 4.78 is 0. The highest BCUT2D eigenvalue weighted by atomic mass is 16.4. The molecule has 0 spiro atoms. The zero-order valence-corrected chi connectivity index (χ0v) is 8.03. The predicted molar refractivity (Wildman–Crippen MR) is 45.9 cm³/mol. The van der Waals surface area contributed by atoms with Crippen molar-refractivity contribution in [2.75, 3.05) is 0 Å². The number of aliphatic hydroxyl groups excluding tert-OH is 1. The summed E-state index contributed by atoms with van der Waals surface area (Å²) in [4.78, 5) is 10.0. The molecule has 1 atom stereocenters. The average Bonchev–Trinajstić information content (AvgIpc) is 1.86. The van der Waals surface area contributed by atoms with Gasteiger partial charge in [0.15, 0.2) is 5.60 Å². The topological polar surface area (TPSA) is 77.8 Å². The van der Waals surface area contributed by atoms with Crippen molar-refractivity contribution in [3.8, 4) is 0 Å². The maximum atomic E-state index is 10.0. The van der Waals surface area contributed by atoms with Gasteiger partial charge in [-0.2, -0.15) is 0 Å². The molecule has 0 aromatic rings. The summed E-state index contributed by atoms with van der Waals surface area (Å²) in [5.74, 6) is -1.17. The Morgan fingerprint density at radius 3 is 1.75 bits per heavy atom. The number of carboxylic acid groups (broad SMARTS) is 1. The molecule has 1 unspecified atom stereocenters. The Kier molecular flexibility index (Phi) is 6.94. The molecule has 4 heteroatoms. The summed E-state index contributed by atoms with van der Waals surface area (Å²) in [5.41, 5.74) is -1.54. The van der Waals surface area contributed by atoms with Crippen molar-refractivity contribution in [2.45, 2.75) is 45.8 Å². The van der Waals surface area contributed by atoms with Crippen LogP contribution in [-0.2, 0) is 4.79 Å². The first kappa shape index (κ1) is 13.9. The Morgan fingerprint density at radius 1 is 1.50 bits per heavy atom. The van der Waals surface area contributed by atoms with Crippen LogP contribution >= 0.6 is 0 Å². The predicted octanol–water partition coefficient (Wildman–Crippen LogP) is 0.619. The van der Waals surface area contributed by atoms with Gasteiger partial charge >= 0.3 is 5.97 Å². The third kappa shape index (κ3) is 9.39. The molecule has 0 bridgehead atoms. The molecule has 12 heavy (non-hydrogen) atoms. The van der Waals surface area contributed by atoms with Crippen LogP contribution < -0.4 is 0 Å². The smallest absolute Gasteiger partial charge is 0.335 e. The van der Waals surface area contributed by atoms with Crippen LogP contribution in [0.2, 0.25) is 0 Å². The number of hydrogen-bond donors (Lipinski definition) is 3. The van der Waals surface area contributed by atoms with Crippen LogP contribution in [0.25, 0.3) is 0 Å². The van der Waals surface area contributed by atoms with E-state index in [0.717, 1.165) is 0 Å². The molecule has 0 aliphatic carbocycles. The molecular weight excluding hydrogens is 160 g/mol. The quantitative estimate of drug-likeness (QED) is 0.579. The number of aliphatic hydroxyl groups is 2. The fourth-order valence-electron chi connectivity index (χ4n) is 0.151. The van der Waals surface area contributed by atoms with Gasteiger partial charge in [-0.3, -0.25) is 0 Å². The Hall–Kier alpha value is -0.610. The lowest BCUT2D eigenvalue weighted by Crippen LogP contribution is -2.33. The summed E-state index contributed by atoms with van der Waals surface area (Å²) in [7, 11) is 0. The molecule has 0 saturated carbocycles. The van der Waals surface area contributed by atoms with Crippen molar-refractivity contribution < 1.29 is 20.1 Å². The van der Waals surface area contributed by atoms with Crippen LogP contribution in [0.3, 0.4) is 0 Å².